The molecule has 1 unspecified atom stereocenters. The molecule has 4 nitrogen and oxygen atoms in total. The highest BCUT2D eigenvalue weighted by molar-refractivity contribution is 5.73. The van der Waals surface area contributed by atoms with Crippen LogP contribution in [0.4, 0.5) is 0 Å². The Morgan fingerprint density at radius 3 is 2.58 bits per heavy atom. The second-order valence-corrected chi connectivity index (χ2v) is 3.05. The Labute approximate surface area is 72.1 Å². The van der Waals surface area contributed by atoms with E-state index >= 15 is 0 Å². The van der Waals surface area contributed by atoms with E-state index in [0.717, 1.165) is 25.9 Å². The van der Waals surface area contributed by atoms with Crippen molar-refractivity contribution in [1.82, 2.24) is 4.90 Å². The Hall–Kier alpha value is -0.610. The van der Waals surface area contributed by atoms with Crippen LogP contribution in [0.25, 0.3) is 0 Å². The number of carboxylic acid groups (broad SMARTS) is 1. The molecule has 1 rings (SSSR count). The molecule has 0 aromatic rings. The van der Waals surface area contributed by atoms with Gasteiger partial charge in [-0.25, -0.2) is 0 Å². The number of rotatable bonds is 4. The summed E-state index contributed by atoms with van der Waals surface area (Å²) in [5.41, 5.74) is 0. The summed E-state index contributed by atoms with van der Waals surface area (Å²) in [5.74, 6) is -0.779. The number of likely N-dealkylation sites (tertiary alicyclic amines) is 1. The van der Waals surface area contributed by atoms with Crippen molar-refractivity contribution < 1.29 is 14.6 Å². The number of hydrogen-bond donors (Lipinski definition) is 1. The monoisotopic (exact) mass is 173 g/mol. The van der Waals surface area contributed by atoms with Gasteiger partial charge in [0.1, 0.15) is 6.04 Å². The van der Waals surface area contributed by atoms with Crippen LogP contribution in [0.5, 0.6) is 0 Å². The van der Waals surface area contributed by atoms with Crippen molar-refractivity contribution in [2.75, 3.05) is 26.8 Å². The molecule has 0 aromatic carbocycles. The predicted molar refractivity (Wildman–Crippen MR) is 44.1 cm³/mol. The largest absolute Gasteiger partial charge is 0.480 e. The van der Waals surface area contributed by atoms with Crippen LogP contribution in [-0.4, -0.2) is 48.8 Å². The average Bonchev–Trinajstić information content (AvgIpc) is 2.51. The standard InChI is InChI=1S/C8H15NO3/c1-12-6-7(8(10)11)9-4-2-3-5-9/h7H,2-6H2,1H3,(H,10,11). The molecule has 0 spiro atoms. The first-order chi connectivity index (χ1) is 5.75. The number of methoxy groups -OCH3 is 1. The maximum Gasteiger partial charge on any atom is 0.323 e. The van der Waals surface area contributed by atoms with Crippen molar-refractivity contribution >= 4 is 5.97 Å². The van der Waals surface area contributed by atoms with Crippen molar-refractivity contribution in [1.29, 1.82) is 0 Å². The van der Waals surface area contributed by atoms with Crippen molar-refractivity contribution in [3.8, 4) is 0 Å². The molecule has 1 aliphatic heterocycles. The molecule has 4 heteroatoms. The maximum absolute atomic E-state index is 10.8. The molecule has 70 valence electrons. The fourth-order valence-corrected chi connectivity index (χ4v) is 1.54. The average molecular weight is 173 g/mol. The molecular weight excluding hydrogens is 158 g/mol. The third kappa shape index (κ3) is 2.19. The van der Waals surface area contributed by atoms with E-state index in [1.54, 1.807) is 0 Å². The number of carbonyl (C=O) groups is 1. The highest BCUT2D eigenvalue weighted by atomic mass is 16.5. The summed E-state index contributed by atoms with van der Waals surface area (Å²) in [4.78, 5) is 12.7. The minimum absolute atomic E-state index is 0.287. The zero-order valence-corrected chi connectivity index (χ0v) is 7.32. The lowest BCUT2D eigenvalue weighted by Crippen LogP contribution is -2.42. The first kappa shape index (κ1) is 9.48. The predicted octanol–water partition coefficient (Wildman–Crippen LogP) is 0.182. The van der Waals surface area contributed by atoms with Crippen molar-refractivity contribution in [3.05, 3.63) is 0 Å². The topological polar surface area (TPSA) is 49.8 Å². The van der Waals surface area contributed by atoms with E-state index in [0.29, 0.717) is 0 Å². The summed E-state index contributed by atoms with van der Waals surface area (Å²) in [6.07, 6.45) is 2.21. The molecule has 0 saturated carbocycles. The normalized spacial score (nSPS) is 21.1. The van der Waals surface area contributed by atoms with Crippen LogP contribution in [0.3, 0.4) is 0 Å². The van der Waals surface area contributed by atoms with Gasteiger partial charge in [0, 0.05) is 7.11 Å². The van der Waals surface area contributed by atoms with Gasteiger partial charge in [0.25, 0.3) is 0 Å². The fraction of sp³-hybridized carbons (Fsp3) is 0.875. The van der Waals surface area contributed by atoms with Gasteiger partial charge in [-0.05, 0) is 25.9 Å². The van der Waals surface area contributed by atoms with Crippen molar-refractivity contribution in [2.24, 2.45) is 0 Å². The van der Waals surface area contributed by atoms with Gasteiger partial charge in [-0.3, -0.25) is 9.69 Å². The van der Waals surface area contributed by atoms with Crippen LogP contribution in [0.2, 0.25) is 0 Å². The van der Waals surface area contributed by atoms with Crippen LogP contribution < -0.4 is 0 Å². The van der Waals surface area contributed by atoms with E-state index < -0.39 is 12.0 Å². The molecule has 1 atom stereocenters. The van der Waals surface area contributed by atoms with E-state index in [2.05, 4.69) is 0 Å². The van der Waals surface area contributed by atoms with Gasteiger partial charge in [0.05, 0.1) is 6.61 Å². The Kier molecular flexibility index (Phi) is 3.49. The maximum atomic E-state index is 10.8. The molecule has 1 saturated heterocycles. The van der Waals surface area contributed by atoms with Crippen molar-refractivity contribution in [3.63, 3.8) is 0 Å². The lowest BCUT2D eigenvalue weighted by molar-refractivity contribution is -0.144. The SMILES string of the molecule is COCC(C(=O)O)N1CCCC1. The third-order valence-electron chi connectivity index (χ3n) is 2.19. The van der Waals surface area contributed by atoms with Gasteiger partial charge in [-0.15, -0.1) is 0 Å². The lowest BCUT2D eigenvalue weighted by atomic mass is 10.3. The first-order valence-corrected chi connectivity index (χ1v) is 4.21. The van der Waals surface area contributed by atoms with E-state index in [1.165, 1.54) is 7.11 Å². The van der Waals surface area contributed by atoms with E-state index in [1.807, 2.05) is 4.90 Å². The molecule has 1 N–H and O–H groups in total. The third-order valence-corrected chi connectivity index (χ3v) is 2.19. The molecule has 1 heterocycles. The van der Waals surface area contributed by atoms with Gasteiger partial charge in [-0.1, -0.05) is 0 Å². The van der Waals surface area contributed by atoms with E-state index in [4.69, 9.17) is 9.84 Å². The Bertz CT molecular complexity index is 154. The smallest absolute Gasteiger partial charge is 0.323 e. The lowest BCUT2D eigenvalue weighted by Gasteiger charge is -2.22. The molecule has 12 heavy (non-hydrogen) atoms. The van der Waals surface area contributed by atoms with Gasteiger partial charge in [-0.2, -0.15) is 0 Å². The zero-order chi connectivity index (χ0) is 8.97. The van der Waals surface area contributed by atoms with Crippen LogP contribution in [0, 0.1) is 0 Å². The highest BCUT2D eigenvalue weighted by Crippen LogP contribution is 2.11. The van der Waals surface area contributed by atoms with Gasteiger partial charge < -0.3 is 9.84 Å². The zero-order valence-electron chi connectivity index (χ0n) is 7.32. The second kappa shape index (κ2) is 4.42. The Morgan fingerprint density at radius 2 is 2.17 bits per heavy atom. The number of nitrogens with zero attached hydrogens (tertiary/aromatic N) is 1. The Balaban J connectivity index is 2.45. The summed E-state index contributed by atoms with van der Waals surface area (Å²) in [6, 6.07) is -0.447. The molecule has 0 aliphatic carbocycles. The summed E-state index contributed by atoms with van der Waals surface area (Å²) in [6.45, 7) is 2.07. The minimum atomic E-state index is -0.779. The van der Waals surface area contributed by atoms with Crippen LogP contribution in [0.15, 0.2) is 0 Å². The van der Waals surface area contributed by atoms with Crippen molar-refractivity contribution in [2.45, 2.75) is 18.9 Å². The summed E-state index contributed by atoms with van der Waals surface area (Å²) in [7, 11) is 1.53. The fourth-order valence-electron chi connectivity index (χ4n) is 1.54. The number of carboxylic acids is 1. The Morgan fingerprint density at radius 1 is 1.58 bits per heavy atom. The molecule has 1 fully saturated rings. The molecule has 0 bridgehead atoms. The number of hydrogen-bond acceptors (Lipinski definition) is 3. The van der Waals surface area contributed by atoms with E-state index in [9.17, 15) is 4.79 Å². The van der Waals surface area contributed by atoms with E-state index in [-0.39, 0.29) is 6.61 Å². The van der Waals surface area contributed by atoms with Crippen LogP contribution >= 0.6 is 0 Å². The number of ether oxygens (including phenoxy) is 1. The number of aliphatic carboxylic acids is 1. The highest BCUT2D eigenvalue weighted by Gasteiger charge is 2.27. The van der Waals surface area contributed by atoms with Gasteiger partial charge in [0.15, 0.2) is 0 Å². The summed E-state index contributed by atoms with van der Waals surface area (Å²) >= 11 is 0. The molecule has 1 aliphatic rings. The van der Waals surface area contributed by atoms with Gasteiger partial charge >= 0.3 is 5.97 Å². The van der Waals surface area contributed by atoms with Crippen LogP contribution in [-0.2, 0) is 9.53 Å². The van der Waals surface area contributed by atoms with Gasteiger partial charge in [0.2, 0.25) is 0 Å². The minimum Gasteiger partial charge on any atom is -0.480 e. The molecular formula is C8H15NO3. The van der Waals surface area contributed by atoms with Crippen LogP contribution in [0.1, 0.15) is 12.8 Å². The quantitative estimate of drug-likeness (QED) is 0.659. The first-order valence-electron chi connectivity index (χ1n) is 4.21. The summed E-state index contributed by atoms with van der Waals surface area (Å²) < 4.78 is 4.86. The summed E-state index contributed by atoms with van der Waals surface area (Å²) in [5, 5.41) is 8.84. The molecule has 0 radical (unpaired) electrons. The second-order valence-electron chi connectivity index (χ2n) is 3.05. The molecule has 0 amide bonds. The molecule has 0 aromatic heterocycles.